The molecule has 5 heteroatoms. The van der Waals surface area contributed by atoms with Crippen molar-refractivity contribution in [1.82, 2.24) is 5.32 Å². The summed E-state index contributed by atoms with van der Waals surface area (Å²) in [5.41, 5.74) is 6.91. The summed E-state index contributed by atoms with van der Waals surface area (Å²) >= 11 is 3.37. The first-order valence-electron chi connectivity index (χ1n) is 5.82. The van der Waals surface area contributed by atoms with Gasteiger partial charge in [-0.3, -0.25) is 4.79 Å². The van der Waals surface area contributed by atoms with Gasteiger partial charge < -0.3 is 11.1 Å². The first-order valence-corrected chi connectivity index (χ1v) is 6.61. The standard InChI is InChI=1S/C13H19BrN2O.ClH/c1-3-9(2)12(15)13(17)16-8-10-4-6-11(14)7-5-10;/h4-7,9,12H,3,8,15H2,1-2H3,(H,16,17);1H. The highest BCUT2D eigenvalue weighted by Crippen LogP contribution is 2.10. The summed E-state index contributed by atoms with van der Waals surface area (Å²) in [5, 5.41) is 2.85. The zero-order chi connectivity index (χ0) is 12.8. The number of nitrogens with two attached hydrogens (primary N) is 1. The van der Waals surface area contributed by atoms with Crippen LogP contribution in [0.2, 0.25) is 0 Å². The number of nitrogens with one attached hydrogen (secondary N) is 1. The van der Waals surface area contributed by atoms with E-state index in [2.05, 4.69) is 21.2 Å². The minimum Gasteiger partial charge on any atom is -0.351 e. The molecular formula is C13H20BrClN2O. The lowest BCUT2D eigenvalue weighted by Crippen LogP contribution is -2.44. The molecule has 2 unspecified atom stereocenters. The van der Waals surface area contributed by atoms with E-state index < -0.39 is 6.04 Å². The third-order valence-corrected chi connectivity index (χ3v) is 3.47. The monoisotopic (exact) mass is 334 g/mol. The summed E-state index contributed by atoms with van der Waals surface area (Å²) in [6, 6.07) is 7.43. The largest absolute Gasteiger partial charge is 0.351 e. The van der Waals surface area contributed by atoms with Crippen LogP contribution in [0, 0.1) is 5.92 Å². The number of amides is 1. The van der Waals surface area contributed by atoms with Gasteiger partial charge in [-0.2, -0.15) is 0 Å². The predicted molar refractivity (Wildman–Crippen MR) is 80.7 cm³/mol. The van der Waals surface area contributed by atoms with Gasteiger partial charge in [0.25, 0.3) is 0 Å². The third-order valence-electron chi connectivity index (χ3n) is 2.94. The Balaban J connectivity index is 0.00000289. The summed E-state index contributed by atoms with van der Waals surface area (Å²) in [6.45, 7) is 4.55. The van der Waals surface area contributed by atoms with Gasteiger partial charge in [0.2, 0.25) is 5.91 Å². The fourth-order valence-corrected chi connectivity index (χ4v) is 1.69. The first-order chi connectivity index (χ1) is 8.04. The number of carbonyl (C=O) groups excluding carboxylic acids is 1. The molecule has 2 atom stereocenters. The minimum absolute atomic E-state index is 0. The Morgan fingerprint density at radius 1 is 1.39 bits per heavy atom. The number of hydrogen-bond acceptors (Lipinski definition) is 2. The Labute approximate surface area is 123 Å². The quantitative estimate of drug-likeness (QED) is 0.869. The average Bonchev–Trinajstić information content (AvgIpc) is 2.35. The van der Waals surface area contributed by atoms with Crippen LogP contribution in [0.15, 0.2) is 28.7 Å². The predicted octanol–water partition coefficient (Wildman–Crippen LogP) is 2.86. The Bertz CT molecular complexity index is 370. The van der Waals surface area contributed by atoms with Crippen LogP contribution in [-0.4, -0.2) is 11.9 Å². The molecular weight excluding hydrogens is 316 g/mol. The lowest BCUT2D eigenvalue weighted by Gasteiger charge is -2.17. The average molecular weight is 336 g/mol. The summed E-state index contributed by atoms with van der Waals surface area (Å²) < 4.78 is 1.03. The van der Waals surface area contributed by atoms with E-state index in [1.807, 2.05) is 38.1 Å². The van der Waals surface area contributed by atoms with Gasteiger partial charge in [-0.25, -0.2) is 0 Å². The summed E-state index contributed by atoms with van der Waals surface area (Å²) in [6.07, 6.45) is 0.910. The highest BCUT2D eigenvalue weighted by atomic mass is 79.9. The van der Waals surface area contributed by atoms with Crippen LogP contribution < -0.4 is 11.1 Å². The van der Waals surface area contributed by atoms with E-state index in [0.717, 1.165) is 16.5 Å². The van der Waals surface area contributed by atoms with E-state index in [4.69, 9.17) is 5.73 Å². The van der Waals surface area contributed by atoms with Gasteiger partial charge in [-0.1, -0.05) is 48.3 Å². The Morgan fingerprint density at radius 3 is 2.44 bits per heavy atom. The van der Waals surface area contributed by atoms with Crippen molar-refractivity contribution in [2.45, 2.75) is 32.9 Å². The van der Waals surface area contributed by atoms with Crippen LogP contribution >= 0.6 is 28.3 Å². The second kappa shape index (κ2) is 8.51. The van der Waals surface area contributed by atoms with Gasteiger partial charge in [0, 0.05) is 11.0 Å². The van der Waals surface area contributed by atoms with Crippen molar-refractivity contribution in [2.24, 2.45) is 11.7 Å². The van der Waals surface area contributed by atoms with Crippen molar-refractivity contribution in [3.05, 3.63) is 34.3 Å². The van der Waals surface area contributed by atoms with Crippen molar-refractivity contribution < 1.29 is 4.79 Å². The lowest BCUT2D eigenvalue weighted by molar-refractivity contribution is -0.123. The molecule has 0 aromatic heterocycles. The van der Waals surface area contributed by atoms with Gasteiger partial charge >= 0.3 is 0 Å². The van der Waals surface area contributed by atoms with Crippen LogP contribution in [0.3, 0.4) is 0 Å². The van der Waals surface area contributed by atoms with Crippen LogP contribution in [0.1, 0.15) is 25.8 Å². The van der Waals surface area contributed by atoms with Gasteiger partial charge in [0.05, 0.1) is 6.04 Å². The van der Waals surface area contributed by atoms with Crippen LogP contribution in [0.4, 0.5) is 0 Å². The van der Waals surface area contributed by atoms with Crippen molar-refractivity contribution in [1.29, 1.82) is 0 Å². The molecule has 1 amide bonds. The topological polar surface area (TPSA) is 55.1 Å². The molecule has 102 valence electrons. The van der Waals surface area contributed by atoms with Gasteiger partial charge in [-0.05, 0) is 23.6 Å². The molecule has 0 aliphatic heterocycles. The summed E-state index contributed by atoms with van der Waals surface area (Å²) in [7, 11) is 0. The zero-order valence-electron chi connectivity index (χ0n) is 10.7. The normalized spacial score (nSPS) is 13.3. The van der Waals surface area contributed by atoms with Crippen molar-refractivity contribution in [2.75, 3.05) is 0 Å². The molecule has 3 nitrogen and oxygen atoms in total. The lowest BCUT2D eigenvalue weighted by atomic mass is 9.99. The SMILES string of the molecule is CCC(C)C(N)C(=O)NCc1ccc(Br)cc1.Cl. The fourth-order valence-electron chi connectivity index (χ4n) is 1.42. The van der Waals surface area contributed by atoms with Crippen molar-refractivity contribution in [3.63, 3.8) is 0 Å². The summed E-state index contributed by atoms with van der Waals surface area (Å²) in [5.74, 6) is 0.127. The molecule has 0 fully saturated rings. The van der Waals surface area contributed by atoms with Gasteiger partial charge in [0.1, 0.15) is 0 Å². The smallest absolute Gasteiger partial charge is 0.237 e. The third kappa shape index (κ3) is 5.38. The Kier molecular flexibility index (Phi) is 8.24. The molecule has 0 saturated carbocycles. The van der Waals surface area contributed by atoms with Gasteiger partial charge in [0.15, 0.2) is 0 Å². The maximum absolute atomic E-state index is 11.7. The van der Waals surface area contributed by atoms with E-state index in [9.17, 15) is 4.79 Å². The number of carbonyl (C=O) groups is 1. The summed E-state index contributed by atoms with van der Waals surface area (Å²) in [4.78, 5) is 11.7. The molecule has 1 aromatic rings. The molecule has 0 radical (unpaired) electrons. The van der Waals surface area contributed by atoms with E-state index in [-0.39, 0.29) is 24.2 Å². The minimum atomic E-state index is -0.421. The Morgan fingerprint density at radius 2 is 1.94 bits per heavy atom. The highest BCUT2D eigenvalue weighted by Gasteiger charge is 2.18. The van der Waals surface area contributed by atoms with E-state index in [0.29, 0.717) is 6.54 Å². The molecule has 0 aliphatic rings. The van der Waals surface area contributed by atoms with Crippen LogP contribution in [0.5, 0.6) is 0 Å². The number of benzene rings is 1. The fraction of sp³-hybridized carbons (Fsp3) is 0.462. The van der Waals surface area contributed by atoms with Crippen molar-refractivity contribution >= 4 is 34.2 Å². The molecule has 0 aliphatic carbocycles. The number of halogens is 2. The maximum Gasteiger partial charge on any atom is 0.237 e. The highest BCUT2D eigenvalue weighted by molar-refractivity contribution is 9.10. The van der Waals surface area contributed by atoms with Crippen LogP contribution in [-0.2, 0) is 11.3 Å². The molecule has 0 bridgehead atoms. The molecule has 0 heterocycles. The first kappa shape index (κ1) is 17.4. The Hall–Kier alpha value is -0.580. The van der Waals surface area contributed by atoms with Crippen molar-refractivity contribution in [3.8, 4) is 0 Å². The maximum atomic E-state index is 11.7. The number of rotatable bonds is 5. The zero-order valence-corrected chi connectivity index (χ0v) is 13.1. The second-order valence-electron chi connectivity index (χ2n) is 4.26. The van der Waals surface area contributed by atoms with Crippen LogP contribution in [0.25, 0.3) is 0 Å². The second-order valence-corrected chi connectivity index (χ2v) is 5.17. The molecule has 3 N–H and O–H groups in total. The van der Waals surface area contributed by atoms with E-state index in [1.165, 1.54) is 0 Å². The van der Waals surface area contributed by atoms with E-state index >= 15 is 0 Å². The van der Waals surface area contributed by atoms with E-state index in [1.54, 1.807) is 0 Å². The molecule has 0 spiro atoms. The molecule has 1 rings (SSSR count). The molecule has 18 heavy (non-hydrogen) atoms. The van der Waals surface area contributed by atoms with Gasteiger partial charge in [-0.15, -0.1) is 12.4 Å². The molecule has 0 saturated heterocycles. The molecule has 1 aromatic carbocycles. The number of hydrogen-bond donors (Lipinski definition) is 2.